The number of nitrogens with zero attached hydrogens (tertiary/aromatic N) is 1. The Morgan fingerprint density at radius 3 is 2.82 bits per heavy atom. The fraction of sp³-hybridized carbons (Fsp3) is 0.600. The molecule has 1 aromatic heterocycles. The van der Waals surface area contributed by atoms with Gasteiger partial charge in [0, 0.05) is 12.0 Å². The zero-order valence-corrected chi connectivity index (χ0v) is 9.08. The van der Waals surface area contributed by atoms with Crippen LogP contribution < -0.4 is 11.2 Å². The standard InChI is InChI=1S/C10H12N2O5/c1-3-6-7(14)8-4(13)2-5(17-8)12(6)10(16)11-9(3)15/h4-5,7-8,13-14H,2H2,1H3,(H,11,15,16)/t4-,5+,7?,8-/m0/s1. The average molecular weight is 240 g/mol. The lowest BCUT2D eigenvalue weighted by Gasteiger charge is -2.30. The largest absolute Gasteiger partial charge is 0.390 e. The van der Waals surface area contributed by atoms with Crippen molar-refractivity contribution >= 4 is 0 Å². The number of aromatic nitrogens is 2. The quantitative estimate of drug-likeness (QED) is 0.514. The van der Waals surface area contributed by atoms with Crippen LogP contribution in [0, 0.1) is 6.92 Å². The minimum atomic E-state index is -1.15. The van der Waals surface area contributed by atoms with Crippen LogP contribution in [0.25, 0.3) is 0 Å². The zero-order chi connectivity index (χ0) is 12.3. The second kappa shape index (κ2) is 3.28. The van der Waals surface area contributed by atoms with E-state index in [0.717, 1.165) is 0 Å². The van der Waals surface area contributed by atoms with Crippen LogP contribution in [0.2, 0.25) is 0 Å². The normalized spacial score (nSPS) is 34.8. The van der Waals surface area contributed by atoms with Gasteiger partial charge in [0.2, 0.25) is 0 Å². The molecule has 2 aliphatic rings. The molecule has 7 heteroatoms. The lowest BCUT2D eigenvalue weighted by Crippen LogP contribution is -2.43. The molecule has 0 aliphatic carbocycles. The van der Waals surface area contributed by atoms with Gasteiger partial charge < -0.3 is 14.9 Å². The number of aromatic amines is 1. The third-order valence-corrected chi connectivity index (χ3v) is 3.44. The first kappa shape index (κ1) is 10.7. The molecule has 4 atom stereocenters. The number of hydrogen-bond acceptors (Lipinski definition) is 5. The van der Waals surface area contributed by atoms with Gasteiger partial charge >= 0.3 is 5.69 Å². The van der Waals surface area contributed by atoms with Gasteiger partial charge in [0.25, 0.3) is 5.56 Å². The van der Waals surface area contributed by atoms with Crippen LogP contribution in [0.3, 0.4) is 0 Å². The molecule has 1 saturated heterocycles. The van der Waals surface area contributed by atoms with Crippen molar-refractivity contribution in [3.05, 3.63) is 32.1 Å². The van der Waals surface area contributed by atoms with E-state index in [1.54, 1.807) is 0 Å². The van der Waals surface area contributed by atoms with Crippen molar-refractivity contribution in [3.63, 3.8) is 0 Å². The molecule has 0 radical (unpaired) electrons. The third kappa shape index (κ3) is 1.27. The molecule has 3 N–H and O–H groups in total. The van der Waals surface area contributed by atoms with Gasteiger partial charge in [-0.3, -0.25) is 14.3 Å². The number of rotatable bonds is 0. The summed E-state index contributed by atoms with van der Waals surface area (Å²) >= 11 is 0. The Bertz CT molecular complexity index is 589. The van der Waals surface area contributed by atoms with Crippen molar-refractivity contribution in [2.45, 2.75) is 37.9 Å². The molecule has 0 spiro atoms. The number of H-pyrrole nitrogens is 1. The van der Waals surface area contributed by atoms with Gasteiger partial charge in [0.1, 0.15) is 18.4 Å². The molecule has 0 aromatic carbocycles. The molecule has 3 rings (SSSR count). The highest BCUT2D eigenvalue weighted by atomic mass is 16.5. The summed E-state index contributed by atoms with van der Waals surface area (Å²) in [7, 11) is 0. The number of aliphatic hydroxyl groups excluding tert-OH is 2. The lowest BCUT2D eigenvalue weighted by atomic mass is 10.0. The summed E-state index contributed by atoms with van der Waals surface area (Å²) in [5.74, 6) is 0. The second-order valence-corrected chi connectivity index (χ2v) is 4.44. The Morgan fingerprint density at radius 1 is 1.41 bits per heavy atom. The Labute approximate surface area is 95.3 Å². The van der Waals surface area contributed by atoms with E-state index in [0.29, 0.717) is 0 Å². The van der Waals surface area contributed by atoms with Crippen molar-refractivity contribution in [2.75, 3.05) is 0 Å². The maximum atomic E-state index is 11.7. The molecule has 92 valence electrons. The SMILES string of the molecule is Cc1c2n(c(=O)[nH]c1=O)[C@H]1C[C@H](O)[C@H](O1)C2O. The van der Waals surface area contributed by atoms with E-state index in [-0.39, 0.29) is 17.7 Å². The van der Waals surface area contributed by atoms with Gasteiger partial charge in [-0.25, -0.2) is 4.79 Å². The summed E-state index contributed by atoms with van der Waals surface area (Å²) in [6.07, 6.45) is -3.13. The maximum absolute atomic E-state index is 11.7. The summed E-state index contributed by atoms with van der Waals surface area (Å²) in [6.45, 7) is 1.53. The van der Waals surface area contributed by atoms with Crippen molar-refractivity contribution in [3.8, 4) is 0 Å². The number of ether oxygens (including phenoxy) is 1. The van der Waals surface area contributed by atoms with Gasteiger partial charge in [-0.2, -0.15) is 0 Å². The predicted octanol–water partition coefficient (Wildman–Crippen LogP) is -1.46. The minimum absolute atomic E-state index is 0.236. The van der Waals surface area contributed by atoms with Crippen molar-refractivity contribution in [1.29, 1.82) is 0 Å². The average Bonchev–Trinajstić information content (AvgIpc) is 2.59. The van der Waals surface area contributed by atoms with Crippen LogP contribution in [-0.4, -0.2) is 32.0 Å². The molecule has 0 amide bonds. The summed E-state index contributed by atoms with van der Waals surface area (Å²) in [5, 5.41) is 19.8. The molecule has 1 aromatic rings. The van der Waals surface area contributed by atoms with Gasteiger partial charge in [0.05, 0.1) is 11.8 Å². The number of hydrogen-bond donors (Lipinski definition) is 3. The maximum Gasteiger partial charge on any atom is 0.330 e. The number of fused-ring (bicyclic) bond motifs is 4. The first-order chi connectivity index (χ1) is 8.00. The summed E-state index contributed by atoms with van der Waals surface area (Å²) in [5.41, 5.74) is -0.607. The van der Waals surface area contributed by atoms with Gasteiger partial charge in [-0.15, -0.1) is 0 Å². The van der Waals surface area contributed by atoms with Crippen LogP contribution in [0.1, 0.15) is 30.0 Å². The van der Waals surface area contributed by atoms with E-state index in [9.17, 15) is 19.8 Å². The van der Waals surface area contributed by atoms with E-state index in [4.69, 9.17) is 4.74 Å². The molecule has 7 nitrogen and oxygen atoms in total. The van der Waals surface area contributed by atoms with Crippen LogP contribution in [0.15, 0.2) is 9.59 Å². The number of aliphatic hydroxyl groups is 2. The van der Waals surface area contributed by atoms with Crippen molar-refractivity contribution in [2.24, 2.45) is 0 Å². The Kier molecular flexibility index (Phi) is 2.07. The van der Waals surface area contributed by atoms with Crippen LogP contribution >= 0.6 is 0 Å². The minimum Gasteiger partial charge on any atom is -0.390 e. The highest BCUT2D eigenvalue weighted by molar-refractivity contribution is 5.23. The highest BCUT2D eigenvalue weighted by Crippen LogP contribution is 2.40. The fourth-order valence-corrected chi connectivity index (χ4v) is 2.58. The highest BCUT2D eigenvalue weighted by Gasteiger charge is 2.47. The molecule has 2 aliphatic heterocycles. The molecule has 0 saturated carbocycles. The third-order valence-electron chi connectivity index (χ3n) is 3.44. The molecule has 1 unspecified atom stereocenters. The molecular weight excluding hydrogens is 228 g/mol. The van der Waals surface area contributed by atoms with Gasteiger partial charge in [-0.1, -0.05) is 0 Å². The van der Waals surface area contributed by atoms with E-state index < -0.39 is 35.8 Å². The van der Waals surface area contributed by atoms with Gasteiger partial charge in [-0.05, 0) is 6.92 Å². The summed E-state index contributed by atoms with van der Waals surface area (Å²) in [6, 6.07) is 0. The molecule has 2 bridgehead atoms. The van der Waals surface area contributed by atoms with E-state index in [2.05, 4.69) is 4.98 Å². The zero-order valence-electron chi connectivity index (χ0n) is 9.08. The fourth-order valence-electron chi connectivity index (χ4n) is 2.58. The van der Waals surface area contributed by atoms with Crippen LogP contribution in [0.4, 0.5) is 0 Å². The summed E-state index contributed by atoms with van der Waals surface area (Å²) in [4.78, 5) is 25.4. The van der Waals surface area contributed by atoms with Crippen molar-refractivity contribution in [1.82, 2.24) is 9.55 Å². The second-order valence-electron chi connectivity index (χ2n) is 4.44. The smallest absolute Gasteiger partial charge is 0.330 e. The van der Waals surface area contributed by atoms with Crippen LogP contribution in [-0.2, 0) is 4.74 Å². The van der Waals surface area contributed by atoms with Crippen LogP contribution in [0.5, 0.6) is 0 Å². The number of nitrogens with one attached hydrogen (secondary N) is 1. The molecule has 1 fully saturated rings. The predicted molar refractivity (Wildman–Crippen MR) is 55.6 cm³/mol. The summed E-state index contributed by atoms with van der Waals surface area (Å²) < 4.78 is 6.58. The Morgan fingerprint density at radius 2 is 2.12 bits per heavy atom. The Hall–Kier alpha value is -1.44. The first-order valence-electron chi connectivity index (χ1n) is 5.37. The van der Waals surface area contributed by atoms with Crippen molar-refractivity contribution < 1.29 is 14.9 Å². The Balaban J connectivity index is 2.33. The van der Waals surface area contributed by atoms with E-state index in [1.165, 1.54) is 11.5 Å². The van der Waals surface area contributed by atoms with E-state index >= 15 is 0 Å². The monoisotopic (exact) mass is 240 g/mol. The molecule has 3 heterocycles. The molecule has 17 heavy (non-hydrogen) atoms. The lowest BCUT2D eigenvalue weighted by molar-refractivity contribution is -0.112. The van der Waals surface area contributed by atoms with E-state index in [1.807, 2.05) is 0 Å². The van der Waals surface area contributed by atoms with Gasteiger partial charge in [0.15, 0.2) is 0 Å². The topological polar surface area (TPSA) is 105 Å². The molecular formula is C10H12N2O5. The first-order valence-corrected chi connectivity index (χ1v) is 5.37.